The van der Waals surface area contributed by atoms with Gasteiger partial charge >= 0.3 is 0 Å². The summed E-state index contributed by atoms with van der Waals surface area (Å²) in [5.74, 6) is 0. The van der Waals surface area contributed by atoms with E-state index >= 15 is 0 Å². The number of benzene rings is 6. The summed E-state index contributed by atoms with van der Waals surface area (Å²) in [6, 6.07) is 55.5. The Kier molecular flexibility index (Phi) is 17.3. The second-order valence-electron chi connectivity index (χ2n) is 22.9. The lowest BCUT2D eigenvalue weighted by Crippen LogP contribution is -2.34. The predicted molar refractivity (Wildman–Crippen MR) is 380 cm³/mol. The van der Waals surface area contributed by atoms with E-state index in [1.807, 2.05) is 141 Å². The molecule has 0 saturated heterocycles. The molecule has 0 aliphatic heterocycles. The van der Waals surface area contributed by atoms with Crippen LogP contribution in [0.4, 0.5) is 0 Å². The molecule has 0 N–H and O–H groups in total. The molecule has 0 radical (unpaired) electrons. The molecule has 0 atom stereocenters. The van der Waals surface area contributed by atoms with E-state index in [2.05, 4.69) is 138 Å². The van der Waals surface area contributed by atoms with Gasteiger partial charge in [-0.2, -0.15) is 4.57 Å². The Bertz CT molecular complexity index is 5130. The molecule has 0 amide bonds. The van der Waals surface area contributed by atoms with Gasteiger partial charge in [-0.15, -0.1) is 0 Å². The minimum absolute atomic E-state index is 0.0375. The van der Waals surface area contributed by atoms with Crippen molar-refractivity contribution in [2.24, 2.45) is 42.3 Å². The van der Waals surface area contributed by atoms with Crippen LogP contribution in [0.1, 0.15) is 95.8 Å². The molecule has 0 fully saturated rings. The van der Waals surface area contributed by atoms with E-state index in [-0.39, 0.29) is 47.2 Å². The van der Waals surface area contributed by atoms with Crippen LogP contribution >= 0.6 is 0 Å². The number of rotatable bonds is 6. The van der Waals surface area contributed by atoms with Gasteiger partial charge in [0.1, 0.15) is 43.7 Å². The third-order valence-corrected chi connectivity index (χ3v) is 16.0. The van der Waals surface area contributed by atoms with Gasteiger partial charge in [-0.25, -0.2) is 22.8 Å². The Balaban J connectivity index is 0.000000181. The molecule has 12 aromatic rings. The summed E-state index contributed by atoms with van der Waals surface area (Å²) in [5, 5.41) is 0. The zero-order chi connectivity index (χ0) is 80.4. The number of aryl methyl sites for hydroxylation is 15. The molecule has 6 aromatic carbocycles. The lowest BCUT2D eigenvalue weighted by molar-refractivity contribution is -0.666. The Hall–Kier alpha value is -9.78. The Morgan fingerprint density at radius 1 is 0.297 bits per heavy atom. The van der Waals surface area contributed by atoms with E-state index < -0.39 is 38.7 Å². The number of aromatic nitrogens is 6. The predicted octanol–water partition coefficient (Wildman–Crippen LogP) is 17.1. The highest BCUT2D eigenvalue weighted by Gasteiger charge is 2.19. The average molecular weight is 1220 g/mol. The van der Waals surface area contributed by atoms with Crippen LogP contribution in [0.2, 0.25) is 0 Å². The van der Waals surface area contributed by atoms with Gasteiger partial charge in [-0.05, 0) is 188 Å². The van der Waals surface area contributed by atoms with Crippen LogP contribution < -0.4 is 27.4 Å². The molecule has 91 heavy (non-hydrogen) atoms. The molecular formula is C85H98N6+6. The van der Waals surface area contributed by atoms with E-state index in [1.165, 1.54) is 80.1 Å². The maximum absolute atomic E-state index is 8.04. The Morgan fingerprint density at radius 2 is 0.835 bits per heavy atom. The quantitative estimate of drug-likeness (QED) is 0.148. The summed E-state index contributed by atoms with van der Waals surface area (Å²) in [7, 11) is 11.3. The summed E-state index contributed by atoms with van der Waals surface area (Å²) in [6.07, 6.45) is 7.19. The van der Waals surface area contributed by atoms with Gasteiger partial charge in [-0.3, -0.25) is 0 Å². The fourth-order valence-corrected chi connectivity index (χ4v) is 10.6. The number of pyridine rings is 6. The summed E-state index contributed by atoms with van der Waals surface area (Å²) >= 11 is 0. The molecule has 6 nitrogen and oxygen atoms in total. The molecule has 6 aromatic heterocycles. The normalized spacial score (nSPS) is 13.5. The maximum Gasteiger partial charge on any atom is 0.215 e. The molecule has 0 saturated carbocycles. The van der Waals surface area contributed by atoms with Crippen molar-refractivity contribution in [1.82, 2.24) is 0 Å². The van der Waals surface area contributed by atoms with Crippen LogP contribution in [0, 0.1) is 89.8 Å². The summed E-state index contributed by atoms with van der Waals surface area (Å²) < 4.78 is 142. The molecule has 0 aliphatic carbocycles. The summed E-state index contributed by atoms with van der Waals surface area (Å²) in [6.45, 7) is 14.3. The van der Waals surface area contributed by atoms with Gasteiger partial charge in [-0.1, -0.05) is 109 Å². The first kappa shape index (κ1) is 48.1. The Labute approximate surface area is 569 Å². The second-order valence-corrected chi connectivity index (χ2v) is 22.9. The third kappa shape index (κ3) is 18.2. The van der Waals surface area contributed by atoms with Crippen LogP contribution in [0.15, 0.2) is 249 Å². The highest BCUT2D eigenvalue weighted by Crippen LogP contribution is 2.27. The van der Waals surface area contributed by atoms with Crippen molar-refractivity contribution in [1.29, 1.82) is 0 Å². The van der Waals surface area contributed by atoms with E-state index in [0.29, 0.717) is 16.7 Å². The molecule has 6 heterocycles. The fraction of sp³-hybridized carbons (Fsp3) is 0.224. The van der Waals surface area contributed by atoms with Gasteiger partial charge in [0, 0.05) is 124 Å². The van der Waals surface area contributed by atoms with Crippen molar-refractivity contribution < 1.29 is 50.7 Å². The van der Waals surface area contributed by atoms with Gasteiger partial charge in [0.2, 0.25) is 34.2 Å². The third-order valence-electron chi connectivity index (χ3n) is 16.0. The van der Waals surface area contributed by atoms with E-state index in [9.17, 15) is 0 Å². The van der Waals surface area contributed by atoms with Gasteiger partial charge in [0.25, 0.3) is 0 Å². The molecule has 0 bridgehead atoms. The molecule has 0 aliphatic rings. The van der Waals surface area contributed by atoms with Crippen molar-refractivity contribution in [2.75, 3.05) is 0 Å². The lowest BCUT2D eigenvalue weighted by Gasteiger charge is -2.09. The van der Waals surface area contributed by atoms with Crippen LogP contribution in [-0.4, -0.2) is 0 Å². The van der Waals surface area contributed by atoms with Crippen LogP contribution in [0.5, 0.6) is 0 Å². The smallest absolute Gasteiger partial charge is 0.201 e. The summed E-state index contributed by atoms with van der Waals surface area (Å²) in [4.78, 5) is 0. The van der Waals surface area contributed by atoms with Crippen molar-refractivity contribution in [3.8, 4) is 67.5 Å². The van der Waals surface area contributed by atoms with Crippen molar-refractivity contribution in [3.05, 3.63) is 322 Å². The molecular weight excluding hydrogens is 1100 g/mol. The topological polar surface area (TPSA) is 23.3 Å². The number of hydrogen-bond acceptors (Lipinski definition) is 0. The molecule has 6 heteroatoms. The second kappa shape index (κ2) is 32.6. The standard InChI is InChI=1S/C16H20N.4C14H16N.C13H14N/c1-11-6-7-15(13(3)10-11)16-14(4)12(2)8-9-17(16)5;1-11-7-4-5-9-13(11)14-12(2)8-6-10-15(14)3;1-11-7-4-5-9-13(11)14-10-6-8-12(2)15(14)3;1-11-8-9-15(3)14(10-11)13-7-5-4-6-12(13)2;1-11-8-9-14(15(3)10-11)13-7-5-4-6-12(13)2;1-11-7-3-4-8-12(11)13-9-5-6-10-14(13)2/h6-10H,1-5H3;4*4-10H,1-3H3;3-10H,1-2H3/q6*+1/i;2D3;;2*1D3;3D,4D,5D,6D,7D,8D,9D,10D. The summed E-state index contributed by atoms with van der Waals surface area (Å²) in [5.41, 5.74) is 23.9. The largest absolute Gasteiger partial charge is 0.215 e. The van der Waals surface area contributed by atoms with E-state index in [0.717, 1.165) is 44.9 Å². The van der Waals surface area contributed by atoms with Crippen molar-refractivity contribution >= 4 is 0 Å². The first-order valence-corrected chi connectivity index (χ1v) is 30.3. The number of nitrogens with zero attached hydrogens (tertiary/aromatic N) is 6. The van der Waals surface area contributed by atoms with Gasteiger partial charge < -0.3 is 0 Å². The van der Waals surface area contributed by atoms with Crippen molar-refractivity contribution in [2.45, 2.75) is 89.8 Å². The minimum atomic E-state index is -2.10. The number of hydrogen-bond donors (Lipinski definition) is 0. The lowest BCUT2D eigenvalue weighted by atomic mass is 9.97. The SMILES string of the molecule is Cc1ccc(-c2c(C)c(C)cc[n+]2C)c(C)c1.Cc1ccccc1-c1cccc(C)[n+]1C.[2H]C([2H])([2H])c1cc[n+](C)c(-c2ccccc2C)c1.[2H]C([2H])([2H])c1ccc(-c2ccccc2C)[n+](C)c1.[2H]C([2H])([2H])c1ccc[n+](C)c1-c1ccccc1C.[2H]c1c([2H])c([2H])c(-c2c([2H])c([2H])c([2H])c([2H])[n+]2C)c(C)c1[2H]. The average Bonchev–Trinajstić information content (AvgIpc) is 0.753. The first-order valence-electron chi connectivity index (χ1n) is 38.8. The van der Waals surface area contributed by atoms with Crippen LogP contribution in [0.3, 0.4) is 0 Å². The van der Waals surface area contributed by atoms with Crippen LogP contribution in [0.25, 0.3) is 67.5 Å². The highest BCUT2D eigenvalue weighted by atomic mass is 14.9. The van der Waals surface area contributed by atoms with E-state index in [1.54, 1.807) is 42.7 Å². The highest BCUT2D eigenvalue weighted by molar-refractivity contribution is 5.67. The zero-order valence-electron chi connectivity index (χ0n) is 72.7. The van der Waals surface area contributed by atoms with E-state index in [4.69, 9.17) is 23.3 Å². The van der Waals surface area contributed by atoms with Crippen LogP contribution in [-0.2, 0) is 42.3 Å². The molecule has 12 rings (SSSR count). The first-order chi connectivity index (χ1) is 50.5. The van der Waals surface area contributed by atoms with Gasteiger partial charge in [0.15, 0.2) is 36.7 Å². The molecule has 0 spiro atoms. The fourth-order valence-electron chi connectivity index (χ4n) is 10.6. The maximum atomic E-state index is 8.04. The minimum Gasteiger partial charge on any atom is -0.201 e. The zero-order valence-corrected chi connectivity index (χ0v) is 55.7. The Morgan fingerprint density at radius 3 is 1.44 bits per heavy atom. The molecule has 0 unspecified atom stereocenters. The monoisotopic (exact) mass is 1220 g/mol. The molecule has 462 valence electrons. The van der Waals surface area contributed by atoms with Crippen molar-refractivity contribution in [3.63, 3.8) is 0 Å². The van der Waals surface area contributed by atoms with Gasteiger partial charge in [0.05, 0.1) is 9.60 Å².